The van der Waals surface area contributed by atoms with E-state index in [4.69, 9.17) is 16.9 Å². The van der Waals surface area contributed by atoms with E-state index in [9.17, 15) is 14.9 Å². The molecule has 0 unspecified atom stereocenters. The van der Waals surface area contributed by atoms with E-state index in [1.807, 2.05) is 6.07 Å². The molecule has 0 spiro atoms. The predicted octanol–water partition coefficient (Wildman–Crippen LogP) is 3.37. The van der Waals surface area contributed by atoms with Gasteiger partial charge in [-0.3, -0.25) is 14.9 Å². The molecular formula is C14H8ClN3O3. The third-order valence-electron chi connectivity index (χ3n) is 2.66. The predicted molar refractivity (Wildman–Crippen MR) is 77.2 cm³/mol. The lowest BCUT2D eigenvalue weighted by Crippen LogP contribution is -2.14. The molecule has 0 fully saturated rings. The molecule has 0 bridgehead atoms. The highest BCUT2D eigenvalue weighted by Crippen LogP contribution is 2.28. The molecule has 7 heteroatoms. The number of nitriles is 1. The third-order valence-corrected chi connectivity index (χ3v) is 2.97. The van der Waals surface area contributed by atoms with Crippen LogP contribution in [0.15, 0.2) is 42.5 Å². The van der Waals surface area contributed by atoms with Crippen molar-refractivity contribution in [2.24, 2.45) is 0 Å². The molecule has 2 rings (SSSR count). The van der Waals surface area contributed by atoms with E-state index in [0.717, 1.165) is 0 Å². The highest BCUT2D eigenvalue weighted by molar-refractivity contribution is 6.33. The summed E-state index contributed by atoms with van der Waals surface area (Å²) in [5.74, 6) is -0.667. The number of halogens is 1. The molecule has 0 radical (unpaired) electrons. The Morgan fingerprint density at radius 2 is 2.00 bits per heavy atom. The zero-order valence-corrected chi connectivity index (χ0v) is 11.3. The maximum absolute atomic E-state index is 12.1. The summed E-state index contributed by atoms with van der Waals surface area (Å²) in [7, 11) is 0. The highest BCUT2D eigenvalue weighted by atomic mass is 35.5. The standard InChI is InChI=1S/C14H8ClN3O3/c15-12-6-2-5-11(13(12)18(20)21)14(19)17-10-4-1-3-9(7-10)8-16/h1-7H,(H,17,19). The number of benzene rings is 2. The highest BCUT2D eigenvalue weighted by Gasteiger charge is 2.23. The molecule has 1 N–H and O–H groups in total. The maximum Gasteiger partial charge on any atom is 0.300 e. The van der Waals surface area contributed by atoms with E-state index < -0.39 is 16.5 Å². The van der Waals surface area contributed by atoms with Gasteiger partial charge in [-0.2, -0.15) is 5.26 Å². The Labute approximate surface area is 124 Å². The quantitative estimate of drug-likeness (QED) is 0.694. The minimum absolute atomic E-state index is 0.113. The summed E-state index contributed by atoms with van der Waals surface area (Å²) in [4.78, 5) is 22.4. The summed E-state index contributed by atoms with van der Waals surface area (Å²) in [6, 6.07) is 12.3. The zero-order chi connectivity index (χ0) is 15.4. The lowest BCUT2D eigenvalue weighted by Gasteiger charge is -2.06. The SMILES string of the molecule is N#Cc1cccc(NC(=O)c2cccc(Cl)c2[N+](=O)[O-])c1. The van der Waals surface area contributed by atoms with Gasteiger partial charge >= 0.3 is 5.69 Å². The first-order valence-corrected chi connectivity index (χ1v) is 6.15. The topological polar surface area (TPSA) is 96.0 Å². The van der Waals surface area contributed by atoms with Gasteiger partial charge in [0.2, 0.25) is 0 Å². The van der Waals surface area contributed by atoms with E-state index in [1.54, 1.807) is 18.2 Å². The third kappa shape index (κ3) is 3.16. The second kappa shape index (κ2) is 6.03. The Balaban J connectivity index is 2.35. The van der Waals surface area contributed by atoms with Crippen molar-refractivity contribution in [1.29, 1.82) is 5.26 Å². The molecule has 6 nitrogen and oxygen atoms in total. The van der Waals surface area contributed by atoms with E-state index in [1.165, 1.54) is 24.3 Å². The molecule has 0 saturated heterocycles. The summed E-state index contributed by atoms with van der Waals surface area (Å²) < 4.78 is 0. The number of anilines is 1. The van der Waals surface area contributed by atoms with Crippen LogP contribution in [0.3, 0.4) is 0 Å². The van der Waals surface area contributed by atoms with Crippen molar-refractivity contribution in [2.75, 3.05) is 5.32 Å². The molecule has 0 saturated carbocycles. The van der Waals surface area contributed by atoms with Crippen molar-refractivity contribution in [3.8, 4) is 6.07 Å². The Morgan fingerprint density at radius 1 is 1.29 bits per heavy atom. The van der Waals surface area contributed by atoms with Gasteiger partial charge in [0.15, 0.2) is 0 Å². The molecule has 2 aromatic rings. The number of hydrogen-bond acceptors (Lipinski definition) is 4. The second-order valence-corrected chi connectivity index (χ2v) is 4.45. The number of amides is 1. The van der Waals surface area contributed by atoms with Gasteiger partial charge in [0.05, 0.1) is 16.6 Å². The largest absolute Gasteiger partial charge is 0.322 e. The maximum atomic E-state index is 12.1. The van der Waals surface area contributed by atoms with Crippen LogP contribution in [0.1, 0.15) is 15.9 Å². The summed E-state index contributed by atoms with van der Waals surface area (Å²) in [6.45, 7) is 0. The monoisotopic (exact) mass is 301 g/mol. The molecule has 21 heavy (non-hydrogen) atoms. The van der Waals surface area contributed by atoms with E-state index in [0.29, 0.717) is 11.3 Å². The lowest BCUT2D eigenvalue weighted by molar-refractivity contribution is -0.385. The van der Waals surface area contributed by atoms with E-state index in [2.05, 4.69) is 5.32 Å². The van der Waals surface area contributed by atoms with Crippen LogP contribution in [-0.4, -0.2) is 10.8 Å². The van der Waals surface area contributed by atoms with Crippen molar-refractivity contribution in [3.05, 3.63) is 68.7 Å². The average Bonchev–Trinajstić information content (AvgIpc) is 2.46. The molecule has 0 aliphatic rings. The molecule has 0 aliphatic heterocycles. The van der Waals surface area contributed by atoms with Crippen LogP contribution in [0.2, 0.25) is 5.02 Å². The molecule has 0 atom stereocenters. The summed E-state index contributed by atoms with van der Waals surface area (Å²) in [5.41, 5.74) is 0.143. The van der Waals surface area contributed by atoms with Crippen molar-refractivity contribution < 1.29 is 9.72 Å². The number of para-hydroxylation sites is 1. The summed E-state index contributed by atoms with van der Waals surface area (Å²) >= 11 is 5.75. The van der Waals surface area contributed by atoms with Crippen molar-refractivity contribution in [1.82, 2.24) is 0 Å². The molecule has 0 aromatic heterocycles. The summed E-state index contributed by atoms with van der Waals surface area (Å²) in [6.07, 6.45) is 0. The van der Waals surface area contributed by atoms with Crippen LogP contribution in [0.5, 0.6) is 0 Å². The first-order valence-electron chi connectivity index (χ1n) is 5.77. The lowest BCUT2D eigenvalue weighted by atomic mass is 10.1. The van der Waals surface area contributed by atoms with Gasteiger partial charge in [-0.15, -0.1) is 0 Å². The molecule has 1 amide bonds. The Hall–Kier alpha value is -2.91. The van der Waals surface area contributed by atoms with Gasteiger partial charge in [0.25, 0.3) is 5.91 Å². The molecule has 0 aliphatic carbocycles. The second-order valence-electron chi connectivity index (χ2n) is 4.04. The average molecular weight is 302 g/mol. The zero-order valence-electron chi connectivity index (χ0n) is 10.5. The van der Waals surface area contributed by atoms with Crippen molar-refractivity contribution in [2.45, 2.75) is 0 Å². The van der Waals surface area contributed by atoms with Gasteiger partial charge in [-0.25, -0.2) is 0 Å². The fraction of sp³-hybridized carbons (Fsp3) is 0. The molecule has 0 heterocycles. The van der Waals surface area contributed by atoms with Gasteiger partial charge in [0, 0.05) is 5.69 Å². The Bertz CT molecular complexity index is 768. The van der Waals surface area contributed by atoms with Gasteiger partial charge in [-0.05, 0) is 30.3 Å². The van der Waals surface area contributed by atoms with Crippen LogP contribution >= 0.6 is 11.6 Å². The number of rotatable bonds is 3. The van der Waals surface area contributed by atoms with E-state index >= 15 is 0 Å². The molecular weight excluding hydrogens is 294 g/mol. The number of carbonyl (C=O) groups excluding carboxylic acids is 1. The Kier molecular flexibility index (Phi) is 4.16. The minimum Gasteiger partial charge on any atom is -0.322 e. The normalized spacial score (nSPS) is 9.71. The van der Waals surface area contributed by atoms with E-state index in [-0.39, 0.29) is 10.6 Å². The van der Waals surface area contributed by atoms with Crippen LogP contribution in [0.25, 0.3) is 0 Å². The van der Waals surface area contributed by atoms with Gasteiger partial charge < -0.3 is 5.32 Å². The minimum atomic E-state index is -0.705. The van der Waals surface area contributed by atoms with Crippen LogP contribution < -0.4 is 5.32 Å². The van der Waals surface area contributed by atoms with Crippen molar-refractivity contribution in [3.63, 3.8) is 0 Å². The number of nitro benzene ring substituents is 1. The fourth-order valence-electron chi connectivity index (χ4n) is 1.75. The molecule has 2 aromatic carbocycles. The van der Waals surface area contributed by atoms with Crippen LogP contribution in [0.4, 0.5) is 11.4 Å². The number of nitrogens with one attached hydrogen (secondary N) is 1. The van der Waals surface area contributed by atoms with Crippen LogP contribution in [-0.2, 0) is 0 Å². The first-order chi connectivity index (χ1) is 10.0. The van der Waals surface area contributed by atoms with Crippen molar-refractivity contribution >= 4 is 28.9 Å². The molecule has 104 valence electrons. The van der Waals surface area contributed by atoms with Gasteiger partial charge in [0.1, 0.15) is 10.6 Å². The number of carbonyl (C=O) groups is 1. The number of hydrogen-bond donors (Lipinski definition) is 1. The Morgan fingerprint density at radius 3 is 2.67 bits per heavy atom. The fourth-order valence-corrected chi connectivity index (χ4v) is 1.99. The van der Waals surface area contributed by atoms with Gasteiger partial charge in [-0.1, -0.05) is 23.7 Å². The number of nitro groups is 1. The first kappa shape index (κ1) is 14.5. The van der Waals surface area contributed by atoms with Crippen LogP contribution in [0, 0.1) is 21.4 Å². The number of nitrogens with zero attached hydrogens (tertiary/aromatic N) is 2. The smallest absolute Gasteiger partial charge is 0.300 e. The summed E-state index contributed by atoms with van der Waals surface area (Å²) in [5, 5.41) is 22.2.